The molecule has 13 rings (SSSR count). The van der Waals surface area contributed by atoms with Gasteiger partial charge in [-0.15, -0.1) is 0 Å². The van der Waals surface area contributed by atoms with E-state index in [-0.39, 0.29) is 0 Å². The fourth-order valence-corrected chi connectivity index (χ4v) is 10.7. The van der Waals surface area contributed by atoms with Crippen LogP contribution in [-0.4, -0.2) is 14.5 Å². The Hall–Kier alpha value is -9.44. The van der Waals surface area contributed by atoms with Crippen molar-refractivity contribution in [2.24, 2.45) is 0 Å². The monoisotopic (exact) mass is 917 g/mol. The smallest absolute Gasteiger partial charge is 0.161 e. The van der Waals surface area contributed by atoms with E-state index < -0.39 is 0 Å². The zero-order valence-electron chi connectivity index (χ0n) is 39.6. The molecule has 0 N–H and O–H groups in total. The number of nitrogens with zero attached hydrogens (tertiary/aromatic N) is 3. The Morgan fingerprint density at radius 1 is 0.389 bits per heavy atom. The van der Waals surface area contributed by atoms with Gasteiger partial charge in [0.05, 0.1) is 28.1 Å². The van der Waals surface area contributed by atoms with E-state index in [4.69, 9.17) is 9.97 Å². The van der Waals surface area contributed by atoms with Crippen molar-refractivity contribution in [3.8, 4) is 72.8 Å². The summed E-state index contributed by atoms with van der Waals surface area (Å²) in [5.74, 6) is 0.682. The lowest BCUT2D eigenvalue weighted by molar-refractivity contribution is 1.09. The number of benzene rings is 10. The summed E-state index contributed by atoms with van der Waals surface area (Å²) in [4.78, 5) is 10.9. The molecule has 0 spiro atoms. The van der Waals surface area contributed by atoms with Crippen LogP contribution in [0.25, 0.3) is 122 Å². The summed E-state index contributed by atoms with van der Waals surface area (Å²) in [7, 11) is 0. The molecule has 1 aliphatic carbocycles. The highest BCUT2D eigenvalue weighted by molar-refractivity contribution is 6.15. The highest BCUT2D eigenvalue weighted by Crippen LogP contribution is 2.43. The van der Waals surface area contributed by atoms with E-state index in [1.807, 2.05) is 0 Å². The minimum Gasteiger partial charge on any atom is -0.309 e. The Kier molecular flexibility index (Phi) is 10.7. The third kappa shape index (κ3) is 7.65. The maximum Gasteiger partial charge on any atom is 0.161 e. The molecule has 0 unspecified atom stereocenters. The van der Waals surface area contributed by atoms with Gasteiger partial charge in [-0.3, -0.25) is 0 Å². The van der Waals surface area contributed by atoms with Crippen LogP contribution in [0.15, 0.2) is 267 Å². The molecule has 2 aromatic heterocycles. The summed E-state index contributed by atoms with van der Waals surface area (Å²) in [6.07, 6.45) is 13.7. The molecule has 0 amide bonds. The molecule has 0 saturated heterocycles. The van der Waals surface area contributed by atoms with Gasteiger partial charge < -0.3 is 4.57 Å². The van der Waals surface area contributed by atoms with E-state index in [2.05, 4.69) is 272 Å². The molecule has 0 atom stereocenters. The number of hydrogen-bond acceptors (Lipinski definition) is 2. The molecule has 12 aromatic rings. The molecule has 1 aliphatic rings. The van der Waals surface area contributed by atoms with Gasteiger partial charge in [0, 0.05) is 27.3 Å². The molecule has 0 fully saturated rings. The van der Waals surface area contributed by atoms with E-state index >= 15 is 0 Å². The van der Waals surface area contributed by atoms with Crippen LogP contribution in [0.2, 0.25) is 0 Å². The second-order valence-electron chi connectivity index (χ2n) is 18.5. The molecule has 72 heavy (non-hydrogen) atoms. The second-order valence-corrected chi connectivity index (χ2v) is 18.5. The van der Waals surface area contributed by atoms with Crippen molar-refractivity contribution in [2.45, 2.75) is 6.42 Å². The van der Waals surface area contributed by atoms with Crippen LogP contribution in [0.3, 0.4) is 0 Å². The lowest BCUT2D eigenvalue weighted by atomic mass is 9.93. The van der Waals surface area contributed by atoms with Crippen molar-refractivity contribution >= 4 is 49.4 Å². The number of para-hydroxylation sites is 1. The zero-order valence-corrected chi connectivity index (χ0v) is 39.6. The van der Waals surface area contributed by atoms with Gasteiger partial charge in [-0.25, -0.2) is 9.97 Å². The van der Waals surface area contributed by atoms with Crippen LogP contribution >= 0.6 is 0 Å². The zero-order chi connectivity index (χ0) is 48.0. The first-order valence-corrected chi connectivity index (χ1v) is 24.6. The third-order valence-corrected chi connectivity index (χ3v) is 14.2. The molecule has 2 heterocycles. The number of allylic oxidation sites excluding steroid dienone is 6. The average molecular weight is 918 g/mol. The van der Waals surface area contributed by atoms with E-state index in [0.717, 1.165) is 89.6 Å². The van der Waals surface area contributed by atoms with Crippen LogP contribution in [0.5, 0.6) is 0 Å². The molecular formula is C69H47N3. The van der Waals surface area contributed by atoms with Gasteiger partial charge in [-0.1, -0.05) is 219 Å². The topological polar surface area (TPSA) is 30.7 Å². The van der Waals surface area contributed by atoms with Crippen molar-refractivity contribution in [3.63, 3.8) is 0 Å². The summed E-state index contributed by atoms with van der Waals surface area (Å²) in [5, 5.41) is 6.89. The molecular weight excluding hydrogens is 871 g/mol. The van der Waals surface area contributed by atoms with Crippen LogP contribution in [0, 0.1) is 0 Å². The van der Waals surface area contributed by atoms with Crippen molar-refractivity contribution in [3.05, 3.63) is 278 Å². The van der Waals surface area contributed by atoms with Crippen LogP contribution in [-0.2, 0) is 6.42 Å². The fraction of sp³-hybridized carbons (Fsp3) is 0.0145. The summed E-state index contributed by atoms with van der Waals surface area (Å²) in [6.45, 7) is 4.39. The first kappa shape index (κ1) is 42.6. The molecule has 3 heteroatoms. The number of aromatic nitrogens is 3. The van der Waals surface area contributed by atoms with Crippen LogP contribution in [0.1, 0.15) is 11.3 Å². The Labute approximate surface area is 419 Å². The van der Waals surface area contributed by atoms with Crippen LogP contribution < -0.4 is 0 Å². The standard InChI is InChI=1S/C69H47N3/c1-46-19-6-2-13-29-62-65(40-33-46)72(66-42-38-57-55(30-18-31-59(57)67(62)66)51-36-34-50(35-37-51)47-20-7-3-8-21-47)64-41-39-60(56-26-14-15-27-58(56)64)69-70-63-32-17-16-28-61(63)68(71-69)54-44-52(48-22-9-4-10-23-48)43-53(45-54)49-24-11-5-12-25-49/h2-28,30-45H,1,29H2/b13-2-,19-6-,40-33-. The number of rotatable bonds is 7. The Bertz CT molecular complexity index is 4100. The first-order valence-electron chi connectivity index (χ1n) is 24.6. The van der Waals surface area contributed by atoms with E-state index in [0.29, 0.717) is 5.82 Å². The van der Waals surface area contributed by atoms with Crippen molar-refractivity contribution in [1.29, 1.82) is 0 Å². The van der Waals surface area contributed by atoms with Crippen molar-refractivity contribution < 1.29 is 0 Å². The maximum absolute atomic E-state index is 5.56. The molecule has 0 bridgehead atoms. The molecule has 0 saturated carbocycles. The fourth-order valence-electron chi connectivity index (χ4n) is 10.7. The highest BCUT2D eigenvalue weighted by atomic mass is 15.0. The third-order valence-electron chi connectivity index (χ3n) is 14.2. The maximum atomic E-state index is 5.56. The largest absolute Gasteiger partial charge is 0.309 e. The van der Waals surface area contributed by atoms with Gasteiger partial charge in [0.15, 0.2) is 5.82 Å². The molecule has 3 nitrogen and oxygen atoms in total. The number of fused-ring (bicyclic) bond motifs is 7. The van der Waals surface area contributed by atoms with E-state index in [9.17, 15) is 0 Å². The summed E-state index contributed by atoms with van der Waals surface area (Å²) in [6, 6.07) is 80.7. The van der Waals surface area contributed by atoms with Gasteiger partial charge in [0.25, 0.3) is 0 Å². The Balaban J connectivity index is 1.01. The Morgan fingerprint density at radius 3 is 1.69 bits per heavy atom. The Morgan fingerprint density at radius 2 is 0.972 bits per heavy atom. The quantitative estimate of drug-likeness (QED) is 0.159. The summed E-state index contributed by atoms with van der Waals surface area (Å²) < 4.78 is 2.47. The minimum atomic E-state index is 0.682. The predicted octanol–water partition coefficient (Wildman–Crippen LogP) is 18.1. The summed E-state index contributed by atoms with van der Waals surface area (Å²) >= 11 is 0. The lowest BCUT2D eigenvalue weighted by Crippen LogP contribution is -2.01. The van der Waals surface area contributed by atoms with Gasteiger partial charge >= 0.3 is 0 Å². The minimum absolute atomic E-state index is 0.682. The molecule has 0 aliphatic heterocycles. The molecule has 10 aromatic carbocycles. The second kappa shape index (κ2) is 18.1. The molecule has 0 radical (unpaired) electrons. The van der Waals surface area contributed by atoms with Gasteiger partial charge in [0.1, 0.15) is 0 Å². The van der Waals surface area contributed by atoms with Gasteiger partial charge in [0.2, 0.25) is 0 Å². The van der Waals surface area contributed by atoms with E-state index in [1.54, 1.807) is 0 Å². The van der Waals surface area contributed by atoms with Crippen LogP contribution in [0.4, 0.5) is 0 Å². The number of hydrogen-bond donors (Lipinski definition) is 0. The van der Waals surface area contributed by atoms with Gasteiger partial charge in [-0.05, 0) is 127 Å². The van der Waals surface area contributed by atoms with Crippen molar-refractivity contribution in [2.75, 3.05) is 0 Å². The van der Waals surface area contributed by atoms with Crippen molar-refractivity contribution in [1.82, 2.24) is 14.5 Å². The van der Waals surface area contributed by atoms with Gasteiger partial charge in [-0.2, -0.15) is 0 Å². The summed E-state index contributed by atoms with van der Waals surface area (Å²) in [5.41, 5.74) is 18.8. The lowest BCUT2D eigenvalue weighted by Gasteiger charge is -2.17. The highest BCUT2D eigenvalue weighted by Gasteiger charge is 2.23. The first-order chi connectivity index (χ1) is 35.6. The average Bonchev–Trinajstić information content (AvgIpc) is 3.77. The van der Waals surface area contributed by atoms with E-state index in [1.165, 1.54) is 44.0 Å². The normalized spacial score (nSPS) is 13.9. The molecule has 338 valence electrons. The predicted molar refractivity (Wildman–Crippen MR) is 304 cm³/mol. The SMILES string of the molecule is C=C1/C=C\C=C/Cc2c(n(-c3ccc(-c4nc(-c5cc(-c6ccccc6)cc(-c6ccccc6)c5)c5ccccc5n4)c4ccccc34)c3ccc4c(-c5ccc(-c6ccccc6)cc5)cccc4c23)/C=C\1.